The van der Waals surface area contributed by atoms with Gasteiger partial charge in [-0.25, -0.2) is 0 Å². The van der Waals surface area contributed by atoms with Crippen molar-refractivity contribution >= 4 is 11.8 Å². The summed E-state index contributed by atoms with van der Waals surface area (Å²) in [5, 5.41) is 19.7. The Morgan fingerprint density at radius 1 is 0.893 bits per heavy atom. The van der Waals surface area contributed by atoms with E-state index in [4.69, 9.17) is 5.11 Å². The lowest BCUT2D eigenvalue weighted by Gasteiger charge is -2.33. The smallest absolute Gasteiger partial charge is 0.306 e. The number of unbranched alkanes of at least 4 members (excludes halogenated alkanes) is 6. The van der Waals surface area contributed by atoms with E-state index in [0.29, 0.717) is 10.9 Å². The van der Waals surface area contributed by atoms with Crippen molar-refractivity contribution < 1.29 is 24.3 Å². The van der Waals surface area contributed by atoms with Gasteiger partial charge in [-0.2, -0.15) is 0 Å². The Bertz CT molecular complexity index is 505. The highest BCUT2D eigenvalue weighted by molar-refractivity contribution is 5.90. The zero-order valence-electron chi connectivity index (χ0n) is 18.5. The van der Waals surface area contributed by atoms with Crippen LogP contribution in [0.25, 0.3) is 0 Å². The van der Waals surface area contributed by atoms with Crippen molar-refractivity contribution in [3.63, 3.8) is 0 Å². The topological polar surface area (TPSA) is 74.6 Å². The second-order valence-electron chi connectivity index (χ2n) is 8.75. The second kappa shape index (κ2) is 14.5. The van der Waals surface area contributed by atoms with Crippen molar-refractivity contribution in [3.8, 4) is 0 Å². The molecule has 0 aromatic carbocycles. The largest absolute Gasteiger partial charge is 0.481 e. The Balaban J connectivity index is 4.00. The summed E-state index contributed by atoms with van der Waals surface area (Å²) in [5.74, 6) is -1.49. The highest BCUT2D eigenvalue weighted by Gasteiger charge is 2.42. The SMILES string of the molecule is CCCC=CCC=CCCCCCCCC(=O)C(O)(CC(=O)O)C[N+](C)(C)C. The van der Waals surface area contributed by atoms with E-state index < -0.39 is 18.0 Å². The molecule has 5 heteroatoms. The van der Waals surface area contributed by atoms with Gasteiger partial charge in [-0.3, -0.25) is 9.59 Å². The van der Waals surface area contributed by atoms with Crippen molar-refractivity contribution in [2.75, 3.05) is 27.7 Å². The predicted octanol–water partition coefficient (Wildman–Crippen LogP) is 4.50. The standard InChI is InChI=1S/C23H41NO4/c1-5-6-7-8-9-10-11-12-13-14-15-16-17-18-21(25)23(28,19-22(26)27)20-24(2,3)4/h7-8,10-11,28H,5-6,9,12-20H2,1-4H3/p+1. The zero-order chi connectivity index (χ0) is 21.5. The fourth-order valence-electron chi connectivity index (χ4n) is 3.26. The molecule has 0 aliphatic carbocycles. The summed E-state index contributed by atoms with van der Waals surface area (Å²) in [4.78, 5) is 23.5. The second-order valence-corrected chi connectivity index (χ2v) is 8.75. The molecule has 0 radical (unpaired) electrons. The molecule has 0 spiro atoms. The quantitative estimate of drug-likeness (QED) is 0.216. The number of hydrogen-bond acceptors (Lipinski definition) is 3. The van der Waals surface area contributed by atoms with Gasteiger partial charge in [0.15, 0.2) is 11.4 Å². The molecule has 0 rings (SSSR count). The van der Waals surface area contributed by atoms with Gasteiger partial charge in [-0.15, -0.1) is 0 Å². The Labute approximate surface area is 171 Å². The van der Waals surface area contributed by atoms with Gasteiger partial charge in [0.1, 0.15) is 6.54 Å². The molecule has 0 saturated heterocycles. The molecule has 28 heavy (non-hydrogen) atoms. The van der Waals surface area contributed by atoms with Crippen molar-refractivity contribution in [1.82, 2.24) is 0 Å². The van der Waals surface area contributed by atoms with Crippen LogP contribution in [0.1, 0.15) is 77.6 Å². The molecule has 0 aromatic rings. The van der Waals surface area contributed by atoms with Crippen LogP contribution in [0.3, 0.4) is 0 Å². The lowest BCUT2D eigenvalue weighted by atomic mass is 9.89. The summed E-state index contributed by atoms with van der Waals surface area (Å²) >= 11 is 0. The van der Waals surface area contributed by atoms with Crippen molar-refractivity contribution in [2.24, 2.45) is 0 Å². The number of aliphatic carboxylic acids is 1. The maximum absolute atomic E-state index is 12.4. The number of hydrogen-bond donors (Lipinski definition) is 2. The summed E-state index contributed by atoms with van der Waals surface area (Å²) in [5.41, 5.74) is -1.78. The van der Waals surface area contributed by atoms with E-state index in [1.165, 1.54) is 6.42 Å². The van der Waals surface area contributed by atoms with Crippen molar-refractivity contribution in [1.29, 1.82) is 0 Å². The Hall–Kier alpha value is -1.46. The highest BCUT2D eigenvalue weighted by atomic mass is 16.4. The number of carboxylic acids is 1. The van der Waals surface area contributed by atoms with Gasteiger partial charge in [0, 0.05) is 6.42 Å². The minimum absolute atomic E-state index is 0.109. The first kappa shape index (κ1) is 26.5. The maximum Gasteiger partial charge on any atom is 0.306 e. The number of carbonyl (C=O) groups is 2. The minimum atomic E-state index is -1.78. The van der Waals surface area contributed by atoms with E-state index in [1.807, 2.05) is 21.1 Å². The summed E-state index contributed by atoms with van der Waals surface area (Å²) < 4.78 is 0.345. The van der Waals surface area contributed by atoms with Gasteiger partial charge < -0.3 is 14.7 Å². The van der Waals surface area contributed by atoms with Crippen LogP contribution in [-0.2, 0) is 9.59 Å². The first-order valence-corrected chi connectivity index (χ1v) is 10.7. The molecular formula is C23H42NO4+. The molecule has 0 amide bonds. The van der Waals surface area contributed by atoms with E-state index >= 15 is 0 Å². The molecule has 2 N–H and O–H groups in total. The monoisotopic (exact) mass is 396 g/mol. The molecule has 0 bridgehead atoms. The number of rotatable bonds is 17. The average molecular weight is 397 g/mol. The maximum atomic E-state index is 12.4. The fraction of sp³-hybridized carbons (Fsp3) is 0.739. The molecule has 0 fully saturated rings. The first-order valence-electron chi connectivity index (χ1n) is 10.7. The van der Waals surface area contributed by atoms with E-state index in [0.717, 1.165) is 44.9 Å². The summed E-state index contributed by atoms with van der Waals surface area (Å²) in [6.07, 6.45) is 18.0. The van der Waals surface area contributed by atoms with E-state index in [9.17, 15) is 14.7 Å². The normalized spacial score (nSPS) is 14.6. The third kappa shape index (κ3) is 14.6. The van der Waals surface area contributed by atoms with Gasteiger partial charge >= 0.3 is 5.97 Å². The van der Waals surface area contributed by atoms with Gasteiger partial charge in [-0.1, -0.05) is 56.9 Å². The number of allylic oxidation sites excluding steroid dienone is 4. The number of carbonyl (C=O) groups excluding carboxylic acids is 1. The van der Waals surface area contributed by atoms with Crippen LogP contribution < -0.4 is 0 Å². The van der Waals surface area contributed by atoms with E-state index in [1.54, 1.807) is 0 Å². The molecular weight excluding hydrogens is 354 g/mol. The predicted molar refractivity (Wildman–Crippen MR) is 115 cm³/mol. The Morgan fingerprint density at radius 2 is 1.46 bits per heavy atom. The van der Waals surface area contributed by atoms with Gasteiger partial charge in [0.25, 0.3) is 0 Å². The number of Topliss-reactive ketones (excluding diaryl/α,β-unsaturated/α-hetero) is 1. The highest BCUT2D eigenvalue weighted by Crippen LogP contribution is 2.20. The lowest BCUT2D eigenvalue weighted by molar-refractivity contribution is -0.875. The van der Waals surface area contributed by atoms with Crippen LogP contribution >= 0.6 is 0 Å². The van der Waals surface area contributed by atoms with Crippen LogP contribution in [0.4, 0.5) is 0 Å². The molecule has 0 aliphatic rings. The van der Waals surface area contributed by atoms with Crippen LogP contribution in [0.2, 0.25) is 0 Å². The van der Waals surface area contributed by atoms with Gasteiger partial charge in [-0.05, 0) is 32.1 Å². The first-order chi connectivity index (χ1) is 13.1. The number of carboxylic acid groups (broad SMARTS) is 1. The summed E-state index contributed by atoms with van der Waals surface area (Å²) in [6.45, 7) is 2.29. The van der Waals surface area contributed by atoms with Crippen LogP contribution in [0.15, 0.2) is 24.3 Å². The number of quaternary nitrogens is 1. The van der Waals surface area contributed by atoms with Gasteiger partial charge in [0.2, 0.25) is 0 Å². The third-order valence-electron chi connectivity index (χ3n) is 4.53. The lowest BCUT2D eigenvalue weighted by Crippen LogP contribution is -2.54. The molecule has 1 atom stereocenters. The number of ketones is 1. The summed E-state index contributed by atoms with van der Waals surface area (Å²) in [6, 6.07) is 0. The molecule has 0 saturated carbocycles. The number of nitrogens with zero attached hydrogens (tertiary/aromatic N) is 1. The zero-order valence-corrected chi connectivity index (χ0v) is 18.5. The fourth-order valence-corrected chi connectivity index (χ4v) is 3.26. The molecule has 162 valence electrons. The van der Waals surface area contributed by atoms with Gasteiger partial charge in [0.05, 0.1) is 27.6 Å². The van der Waals surface area contributed by atoms with Crippen molar-refractivity contribution in [3.05, 3.63) is 24.3 Å². The number of likely N-dealkylation sites (N-methyl/N-ethyl adjacent to an activating group) is 1. The third-order valence-corrected chi connectivity index (χ3v) is 4.53. The van der Waals surface area contributed by atoms with E-state index in [2.05, 4.69) is 31.2 Å². The van der Waals surface area contributed by atoms with Crippen LogP contribution in [0, 0.1) is 0 Å². The molecule has 0 aliphatic heterocycles. The Kier molecular flexibility index (Phi) is 13.8. The number of aliphatic hydroxyl groups is 1. The minimum Gasteiger partial charge on any atom is -0.481 e. The molecule has 1 unspecified atom stereocenters. The van der Waals surface area contributed by atoms with Crippen LogP contribution in [0.5, 0.6) is 0 Å². The summed E-state index contributed by atoms with van der Waals surface area (Å²) in [7, 11) is 5.53. The van der Waals surface area contributed by atoms with Crippen LogP contribution in [-0.4, -0.2) is 59.7 Å². The molecule has 5 nitrogen and oxygen atoms in total. The van der Waals surface area contributed by atoms with Crippen molar-refractivity contribution in [2.45, 2.75) is 83.2 Å². The Morgan fingerprint density at radius 3 is 2.04 bits per heavy atom. The molecule has 0 heterocycles. The average Bonchev–Trinajstić information content (AvgIpc) is 2.56. The molecule has 0 aromatic heterocycles. The van der Waals surface area contributed by atoms with E-state index in [-0.39, 0.29) is 18.7 Å².